The van der Waals surface area contributed by atoms with Crippen LogP contribution >= 0.6 is 11.6 Å². The number of amides is 1. The minimum absolute atomic E-state index is 0.149. The number of carbonyl (C=O) groups excluding carboxylic acids is 1. The monoisotopic (exact) mass is 394 g/mol. The predicted molar refractivity (Wildman–Crippen MR) is 110 cm³/mol. The van der Waals surface area contributed by atoms with Crippen LogP contribution in [-0.4, -0.2) is 29.8 Å². The number of halogens is 1. The number of hydrogen-bond donors (Lipinski definition) is 1. The smallest absolute Gasteiger partial charge is 0.278 e. The van der Waals surface area contributed by atoms with Crippen LogP contribution in [0, 0.1) is 6.92 Å². The fourth-order valence-corrected chi connectivity index (χ4v) is 3.42. The molecule has 1 amide bonds. The number of nitrogens with one attached hydrogen (secondary N) is 1. The molecule has 2 heterocycles. The van der Waals surface area contributed by atoms with Crippen LogP contribution in [-0.2, 0) is 6.42 Å². The molecule has 0 bridgehead atoms. The summed E-state index contributed by atoms with van der Waals surface area (Å²) in [7, 11) is 1.58. The van der Waals surface area contributed by atoms with Crippen molar-refractivity contribution in [1.29, 1.82) is 0 Å². The largest absolute Gasteiger partial charge is 0.495 e. The topological polar surface area (TPSA) is 67.3 Å². The standard InChI is InChI=1S/C21H19ClN4O2/c1-13-11-17(19(28-2)12-15(13)22)23-20-8-7-16(24-25-20)21(27)26-10-9-14-5-3-4-6-18(14)26/h3-8,11-12H,9-10H2,1-2H3,(H,23,25). The molecule has 7 heteroatoms. The summed E-state index contributed by atoms with van der Waals surface area (Å²) in [6.07, 6.45) is 0.852. The summed E-state index contributed by atoms with van der Waals surface area (Å²) < 4.78 is 5.36. The molecule has 0 fully saturated rings. The van der Waals surface area contributed by atoms with Crippen LogP contribution in [0.3, 0.4) is 0 Å². The number of fused-ring (bicyclic) bond motifs is 1. The lowest BCUT2D eigenvalue weighted by Gasteiger charge is -2.16. The number of benzene rings is 2. The summed E-state index contributed by atoms with van der Waals surface area (Å²) in [5.74, 6) is 0.966. The van der Waals surface area contributed by atoms with E-state index < -0.39 is 0 Å². The molecule has 0 radical (unpaired) electrons. The summed E-state index contributed by atoms with van der Waals surface area (Å²) >= 11 is 6.14. The first-order valence-electron chi connectivity index (χ1n) is 8.91. The molecule has 6 nitrogen and oxygen atoms in total. The number of para-hydroxylation sites is 1. The van der Waals surface area contributed by atoms with Crippen molar-refractivity contribution in [3.05, 3.63) is 70.4 Å². The maximum Gasteiger partial charge on any atom is 0.278 e. The van der Waals surface area contributed by atoms with E-state index in [1.165, 1.54) is 5.56 Å². The van der Waals surface area contributed by atoms with Gasteiger partial charge < -0.3 is 15.0 Å². The van der Waals surface area contributed by atoms with E-state index in [-0.39, 0.29) is 5.91 Å². The molecule has 1 aromatic heterocycles. The van der Waals surface area contributed by atoms with Crippen molar-refractivity contribution in [1.82, 2.24) is 10.2 Å². The SMILES string of the molecule is COc1cc(Cl)c(C)cc1Nc1ccc(C(=O)N2CCc3ccccc32)nn1. The predicted octanol–water partition coefficient (Wildman–Crippen LogP) is 4.39. The van der Waals surface area contributed by atoms with Gasteiger partial charge in [0.2, 0.25) is 0 Å². The van der Waals surface area contributed by atoms with E-state index in [9.17, 15) is 4.79 Å². The van der Waals surface area contributed by atoms with Gasteiger partial charge in [0.1, 0.15) is 5.75 Å². The molecular formula is C21H19ClN4O2. The molecule has 0 unspecified atom stereocenters. The summed E-state index contributed by atoms with van der Waals surface area (Å²) in [6, 6.07) is 14.9. The van der Waals surface area contributed by atoms with Crippen molar-refractivity contribution < 1.29 is 9.53 Å². The van der Waals surface area contributed by atoms with E-state index in [0.29, 0.717) is 28.8 Å². The molecule has 0 atom stereocenters. The second kappa shape index (κ2) is 7.48. The van der Waals surface area contributed by atoms with Crippen LogP contribution in [0.4, 0.5) is 17.2 Å². The molecular weight excluding hydrogens is 376 g/mol. The first kappa shape index (κ1) is 18.3. The van der Waals surface area contributed by atoms with Crippen molar-refractivity contribution in [2.75, 3.05) is 23.9 Å². The number of anilines is 3. The van der Waals surface area contributed by atoms with Gasteiger partial charge in [-0.25, -0.2) is 0 Å². The molecule has 0 saturated heterocycles. The molecule has 28 heavy (non-hydrogen) atoms. The lowest BCUT2D eigenvalue weighted by atomic mass is 10.2. The van der Waals surface area contributed by atoms with Crippen molar-refractivity contribution in [3.63, 3.8) is 0 Å². The van der Waals surface area contributed by atoms with Crippen molar-refractivity contribution in [2.24, 2.45) is 0 Å². The maximum atomic E-state index is 12.8. The first-order valence-corrected chi connectivity index (χ1v) is 9.29. The highest BCUT2D eigenvalue weighted by Gasteiger charge is 2.26. The van der Waals surface area contributed by atoms with E-state index >= 15 is 0 Å². The number of hydrogen-bond acceptors (Lipinski definition) is 5. The van der Waals surface area contributed by atoms with Gasteiger partial charge in [-0.3, -0.25) is 4.79 Å². The molecule has 4 rings (SSSR count). The van der Waals surface area contributed by atoms with E-state index in [1.807, 2.05) is 37.3 Å². The van der Waals surface area contributed by atoms with Gasteiger partial charge in [0.15, 0.2) is 11.5 Å². The van der Waals surface area contributed by atoms with Gasteiger partial charge in [-0.15, -0.1) is 10.2 Å². The average Bonchev–Trinajstić information content (AvgIpc) is 3.15. The van der Waals surface area contributed by atoms with Gasteiger partial charge in [0.05, 0.1) is 12.8 Å². The Bertz CT molecular complexity index is 1040. The number of carbonyl (C=O) groups is 1. The highest BCUT2D eigenvalue weighted by atomic mass is 35.5. The number of rotatable bonds is 4. The van der Waals surface area contributed by atoms with E-state index in [0.717, 1.165) is 23.4 Å². The molecule has 2 aromatic carbocycles. The molecule has 1 aliphatic rings. The third-order valence-electron chi connectivity index (χ3n) is 4.76. The Labute approximate surface area is 168 Å². The maximum absolute atomic E-state index is 12.8. The summed E-state index contributed by atoms with van der Waals surface area (Å²) in [5.41, 5.74) is 4.07. The molecule has 0 saturated carbocycles. The zero-order valence-corrected chi connectivity index (χ0v) is 16.3. The lowest BCUT2D eigenvalue weighted by Crippen LogP contribution is -2.29. The molecule has 0 spiro atoms. The molecule has 3 aromatic rings. The van der Waals surface area contributed by atoms with Crippen LogP contribution in [0.5, 0.6) is 5.75 Å². The Morgan fingerprint density at radius 2 is 2.00 bits per heavy atom. The van der Waals surface area contributed by atoms with Gasteiger partial charge in [-0.2, -0.15) is 0 Å². The molecule has 1 N–H and O–H groups in total. The Morgan fingerprint density at radius 1 is 1.18 bits per heavy atom. The minimum Gasteiger partial charge on any atom is -0.495 e. The zero-order valence-electron chi connectivity index (χ0n) is 15.6. The highest BCUT2D eigenvalue weighted by Crippen LogP contribution is 2.33. The number of ether oxygens (including phenoxy) is 1. The second-order valence-electron chi connectivity index (χ2n) is 6.57. The van der Waals surface area contributed by atoms with Gasteiger partial charge in [0.25, 0.3) is 5.91 Å². The quantitative estimate of drug-likeness (QED) is 0.710. The lowest BCUT2D eigenvalue weighted by molar-refractivity contribution is 0.0983. The minimum atomic E-state index is -0.149. The Morgan fingerprint density at radius 3 is 2.75 bits per heavy atom. The molecule has 1 aliphatic heterocycles. The van der Waals surface area contributed by atoms with Crippen molar-refractivity contribution in [3.8, 4) is 5.75 Å². The summed E-state index contributed by atoms with van der Waals surface area (Å²) in [4.78, 5) is 14.6. The summed E-state index contributed by atoms with van der Waals surface area (Å²) in [6.45, 7) is 2.56. The Balaban J connectivity index is 1.54. The number of aromatic nitrogens is 2. The third-order valence-corrected chi connectivity index (χ3v) is 5.17. The van der Waals surface area contributed by atoms with Gasteiger partial charge in [-0.1, -0.05) is 29.8 Å². The van der Waals surface area contributed by atoms with E-state index in [2.05, 4.69) is 15.5 Å². The fraction of sp³-hybridized carbons (Fsp3) is 0.190. The second-order valence-corrected chi connectivity index (χ2v) is 6.97. The normalized spacial score (nSPS) is 12.6. The third kappa shape index (κ3) is 3.39. The van der Waals surface area contributed by atoms with Crippen LogP contribution in [0.2, 0.25) is 5.02 Å². The van der Waals surface area contributed by atoms with Crippen molar-refractivity contribution in [2.45, 2.75) is 13.3 Å². The highest BCUT2D eigenvalue weighted by molar-refractivity contribution is 6.31. The van der Waals surface area contributed by atoms with Crippen LogP contribution in [0.25, 0.3) is 0 Å². The fourth-order valence-electron chi connectivity index (χ4n) is 3.27. The number of aryl methyl sites for hydroxylation is 1. The summed E-state index contributed by atoms with van der Waals surface area (Å²) in [5, 5.41) is 12.1. The van der Waals surface area contributed by atoms with E-state index in [1.54, 1.807) is 30.2 Å². The van der Waals surface area contributed by atoms with Gasteiger partial charge in [0, 0.05) is 23.3 Å². The van der Waals surface area contributed by atoms with Crippen LogP contribution in [0.15, 0.2) is 48.5 Å². The first-order chi connectivity index (χ1) is 13.6. The Kier molecular flexibility index (Phi) is 4.88. The number of methoxy groups -OCH3 is 1. The van der Waals surface area contributed by atoms with Crippen LogP contribution < -0.4 is 15.0 Å². The Hall–Kier alpha value is -3.12. The zero-order chi connectivity index (χ0) is 19.7. The molecule has 142 valence electrons. The molecule has 0 aliphatic carbocycles. The van der Waals surface area contributed by atoms with E-state index in [4.69, 9.17) is 16.3 Å². The van der Waals surface area contributed by atoms with Crippen molar-refractivity contribution >= 4 is 34.7 Å². The van der Waals surface area contributed by atoms with Crippen LogP contribution in [0.1, 0.15) is 21.6 Å². The number of nitrogens with zero attached hydrogens (tertiary/aromatic N) is 3. The van der Waals surface area contributed by atoms with Gasteiger partial charge in [-0.05, 0) is 48.7 Å². The average molecular weight is 395 g/mol. The van der Waals surface area contributed by atoms with Gasteiger partial charge >= 0.3 is 0 Å².